The molecule has 0 amide bonds. The second kappa shape index (κ2) is 3.76. The van der Waals surface area contributed by atoms with Crippen LogP contribution in [0, 0.1) is 11.3 Å². The molecule has 0 aliphatic carbocycles. The number of rotatable bonds is 1. The quantitative estimate of drug-likeness (QED) is 0.637. The molecule has 2 bridgehead atoms. The topological polar surface area (TPSA) is 3.24 Å². The molecule has 0 radical (unpaired) electrons. The first-order chi connectivity index (χ1) is 6.89. The van der Waals surface area contributed by atoms with E-state index in [-0.39, 0.29) is 0 Å². The standard InChI is InChI=1S/C14H27N/c1-10(2)15-12-6-7-13(15)9-11(8-12)14(3,4)5/h10-13H,6-9H2,1-5H3. The van der Waals surface area contributed by atoms with E-state index >= 15 is 0 Å². The molecule has 0 saturated carbocycles. The molecule has 88 valence electrons. The second-order valence-corrected chi connectivity index (χ2v) is 6.96. The number of piperidine rings is 1. The summed E-state index contributed by atoms with van der Waals surface area (Å²) < 4.78 is 0. The molecule has 0 aromatic heterocycles. The van der Waals surface area contributed by atoms with E-state index in [2.05, 4.69) is 39.5 Å². The summed E-state index contributed by atoms with van der Waals surface area (Å²) in [5, 5.41) is 0. The minimum Gasteiger partial charge on any atom is -0.295 e. The van der Waals surface area contributed by atoms with Crippen LogP contribution in [0.4, 0.5) is 0 Å². The lowest BCUT2D eigenvalue weighted by Gasteiger charge is -2.45. The Morgan fingerprint density at radius 2 is 1.47 bits per heavy atom. The highest BCUT2D eigenvalue weighted by molar-refractivity contribution is 4.98. The molecule has 0 aromatic carbocycles. The molecule has 0 spiro atoms. The Labute approximate surface area is 95.2 Å². The Kier molecular flexibility index (Phi) is 2.87. The van der Waals surface area contributed by atoms with Crippen LogP contribution >= 0.6 is 0 Å². The molecule has 2 atom stereocenters. The van der Waals surface area contributed by atoms with Gasteiger partial charge >= 0.3 is 0 Å². The van der Waals surface area contributed by atoms with E-state index in [0.29, 0.717) is 5.41 Å². The van der Waals surface area contributed by atoms with Crippen LogP contribution in [0.25, 0.3) is 0 Å². The zero-order chi connectivity index (χ0) is 11.2. The van der Waals surface area contributed by atoms with Gasteiger partial charge in [-0.25, -0.2) is 0 Å². The minimum atomic E-state index is 0.518. The molecule has 0 N–H and O–H groups in total. The van der Waals surface area contributed by atoms with E-state index in [1.54, 1.807) is 0 Å². The molecular weight excluding hydrogens is 182 g/mol. The minimum absolute atomic E-state index is 0.518. The van der Waals surface area contributed by atoms with Crippen LogP contribution in [-0.2, 0) is 0 Å². The van der Waals surface area contributed by atoms with Gasteiger partial charge in [0.05, 0.1) is 0 Å². The summed E-state index contributed by atoms with van der Waals surface area (Å²) in [5.74, 6) is 0.949. The van der Waals surface area contributed by atoms with Crippen molar-refractivity contribution in [2.75, 3.05) is 0 Å². The van der Waals surface area contributed by atoms with E-state index in [1.165, 1.54) is 25.7 Å². The van der Waals surface area contributed by atoms with Crippen molar-refractivity contribution < 1.29 is 0 Å². The maximum atomic E-state index is 2.79. The fourth-order valence-electron chi connectivity index (χ4n) is 3.76. The molecular formula is C14H27N. The third kappa shape index (κ3) is 2.08. The fourth-order valence-corrected chi connectivity index (χ4v) is 3.76. The number of hydrogen-bond donors (Lipinski definition) is 0. The molecule has 15 heavy (non-hydrogen) atoms. The summed E-state index contributed by atoms with van der Waals surface area (Å²) in [4.78, 5) is 2.79. The predicted octanol–water partition coefficient (Wildman–Crippen LogP) is 3.68. The van der Waals surface area contributed by atoms with Gasteiger partial charge in [-0.2, -0.15) is 0 Å². The highest BCUT2D eigenvalue weighted by Crippen LogP contribution is 2.45. The average Bonchev–Trinajstić information content (AvgIpc) is 2.35. The Morgan fingerprint density at radius 3 is 1.80 bits per heavy atom. The second-order valence-electron chi connectivity index (χ2n) is 6.96. The van der Waals surface area contributed by atoms with Gasteiger partial charge < -0.3 is 0 Å². The normalized spacial score (nSPS) is 37.6. The zero-order valence-electron chi connectivity index (χ0n) is 11.1. The van der Waals surface area contributed by atoms with E-state index < -0.39 is 0 Å². The van der Waals surface area contributed by atoms with Crippen LogP contribution in [0.5, 0.6) is 0 Å². The van der Waals surface area contributed by atoms with Gasteiger partial charge in [-0.1, -0.05) is 20.8 Å². The van der Waals surface area contributed by atoms with Gasteiger partial charge in [0.15, 0.2) is 0 Å². The maximum absolute atomic E-state index is 2.79. The van der Waals surface area contributed by atoms with E-state index in [0.717, 1.165) is 24.0 Å². The molecule has 2 fully saturated rings. The Balaban J connectivity index is 2.08. The number of hydrogen-bond acceptors (Lipinski definition) is 1. The highest BCUT2D eigenvalue weighted by atomic mass is 15.2. The van der Waals surface area contributed by atoms with Crippen molar-refractivity contribution in [1.29, 1.82) is 0 Å². The summed E-state index contributed by atoms with van der Waals surface area (Å²) >= 11 is 0. The van der Waals surface area contributed by atoms with Crippen molar-refractivity contribution in [3.05, 3.63) is 0 Å². The fraction of sp³-hybridized carbons (Fsp3) is 1.00. The Hall–Kier alpha value is -0.0400. The van der Waals surface area contributed by atoms with E-state index in [9.17, 15) is 0 Å². The van der Waals surface area contributed by atoms with Crippen molar-refractivity contribution in [1.82, 2.24) is 4.90 Å². The molecule has 2 rings (SSSR count). The number of nitrogens with zero attached hydrogens (tertiary/aromatic N) is 1. The highest BCUT2D eigenvalue weighted by Gasteiger charge is 2.44. The lowest BCUT2D eigenvalue weighted by atomic mass is 9.73. The smallest absolute Gasteiger partial charge is 0.0104 e. The monoisotopic (exact) mass is 209 g/mol. The van der Waals surface area contributed by atoms with Gasteiger partial charge in [-0.05, 0) is 50.9 Å². The van der Waals surface area contributed by atoms with Crippen molar-refractivity contribution in [3.8, 4) is 0 Å². The third-order valence-corrected chi connectivity index (χ3v) is 4.61. The first kappa shape index (κ1) is 11.4. The lowest BCUT2D eigenvalue weighted by molar-refractivity contribution is 0.0342. The van der Waals surface area contributed by atoms with Crippen LogP contribution in [-0.4, -0.2) is 23.0 Å². The SMILES string of the molecule is CC(C)N1C2CCC1CC(C(C)(C)C)C2. The van der Waals surface area contributed by atoms with Gasteiger partial charge in [0.25, 0.3) is 0 Å². The van der Waals surface area contributed by atoms with E-state index in [4.69, 9.17) is 0 Å². The maximum Gasteiger partial charge on any atom is 0.0104 e. The average molecular weight is 209 g/mol. The summed E-state index contributed by atoms with van der Waals surface area (Å²) in [6.45, 7) is 12.0. The summed E-state index contributed by atoms with van der Waals surface area (Å²) in [6.07, 6.45) is 5.79. The third-order valence-electron chi connectivity index (χ3n) is 4.61. The molecule has 1 nitrogen and oxygen atoms in total. The van der Waals surface area contributed by atoms with Gasteiger partial charge in [0.2, 0.25) is 0 Å². The first-order valence-electron chi connectivity index (χ1n) is 6.67. The Morgan fingerprint density at radius 1 is 1.00 bits per heavy atom. The largest absolute Gasteiger partial charge is 0.295 e. The molecule has 2 saturated heterocycles. The van der Waals surface area contributed by atoms with Gasteiger partial charge in [-0.3, -0.25) is 4.90 Å². The summed E-state index contributed by atoms with van der Waals surface area (Å²) in [6, 6.07) is 2.55. The number of fused-ring (bicyclic) bond motifs is 2. The zero-order valence-corrected chi connectivity index (χ0v) is 11.1. The first-order valence-corrected chi connectivity index (χ1v) is 6.67. The van der Waals surface area contributed by atoms with Crippen LogP contribution in [0.15, 0.2) is 0 Å². The van der Waals surface area contributed by atoms with E-state index in [1.807, 2.05) is 0 Å². The molecule has 2 heterocycles. The molecule has 1 heteroatoms. The Bertz CT molecular complexity index is 212. The van der Waals surface area contributed by atoms with Gasteiger partial charge in [-0.15, -0.1) is 0 Å². The van der Waals surface area contributed by atoms with Crippen LogP contribution in [0.2, 0.25) is 0 Å². The lowest BCUT2D eigenvalue weighted by Crippen LogP contribution is -2.48. The summed E-state index contributed by atoms with van der Waals surface area (Å²) in [7, 11) is 0. The van der Waals surface area contributed by atoms with Gasteiger partial charge in [0, 0.05) is 18.1 Å². The van der Waals surface area contributed by atoms with Crippen molar-refractivity contribution in [3.63, 3.8) is 0 Å². The molecule has 2 aliphatic rings. The van der Waals surface area contributed by atoms with Crippen molar-refractivity contribution in [2.24, 2.45) is 11.3 Å². The predicted molar refractivity (Wildman–Crippen MR) is 66.0 cm³/mol. The van der Waals surface area contributed by atoms with Crippen molar-refractivity contribution in [2.45, 2.75) is 78.4 Å². The van der Waals surface area contributed by atoms with Crippen LogP contribution in [0.1, 0.15) is 60.3 Å². The summed E-state index contributed by atoms with van der Waals surface area (Å²) in [5.41, 5.74) is 0.518. The van der Waals surface area contributed by atoms with Gasteiger partial charge in [0.1, 0.15) is 0 Å². The van der Waals surface area contributed by atoms with Crippen molar-refractivity contribution >= 4 is 0 Å². The molecule has 2 aliphatic heterocycles. The molecule has 0 aromatic rings. The van der Waals surface area contributed by atoms with Crippen LogP contribution in [0.3, 0.4) is 0 Å². The van der Waals surface area contributed by atoms with Crippen LogP contribution < -0.4 is 0 Å². The molecule has 2 unspecified atom stereocenters.